The molecule has 3 saturated carbocycles. The zero-order chi connectivity index (χ0) is 16.8. The number of carbonyl (C=O) groups excluding carboxylic acids is 2. The topological polar surface area (TPSA) is 55.8 Å². The molecule has 1 saturated heterocycles. The SMILES string of the molecule is C/C=C/B1OC(=O)CN([C@@H]2CC3C[C@H]([C@H]2C)C3(C)C)CC(=O)O1. The zero-order valence-corrected chi connectivity index (χ0v) is 14.5. The van der Waals surface area contributed by atoms with Gasteiger partial charge in [-0.2, -0.15) is 0 Å². The van der Waals surface area contributed by atoms with Crippen LogP contribution in [-0.4, -0.2) is 43.1 Å². The molecule has 4 atom stereocenters. The Kier molecular flexibility index (Phi) is 4.30. The summed E-state index contributed by atoms with van der Waals surface area (Å²) < 4.78 is 10.5. The van der Waals surface area contributed by atoms with E-state index < -0.39 is 7.12 Å². The van der Waals surface area contributed by atoms with Crippen LogP contribution in [0.1, 0.15) is 40.5 Å². The Morgan fingerprint density at radius 3 is 2.26 bits per heavy atom. The first-order valence-electron chi connectivity index (χ1n) is 8.58. The molecule has 3 aliphatic carbocycles. The molecule has 2 bridgehead atoms. The quantitative estimate of drug-likeness (QED) is 0.729. The summed E-state index contributed by atoms with van der Waals surface area (Å²) in [7, 11) is -0.890. The second-order valence-corrected chi connectivity index (χ2v) is 7.80. The third kappa shape index (κ3) is 2.93. The molecule has 4 rings (SSSR count). The van der Waals surface area contributed by atoms with E-state index >= 15 is 0 Å². The Bertz CT molecular complexity index is 513. The van der Waals surface area contributed by atoms with Gasteiger partial charge in [0.05, 0.1) is 13.1 Å². The van der Waals surface area contributed by atoms with Gasteiger partial charge in [0.15, 0.2) is 0 Å². The van der Waals surface area contributed by atoms with Crippen molar-refractivity contribution >= 4 is 19.1 Å². The first-order chi connectivity index (χ1) is 10.8. The van der Waals surface area contributed by atoms with Crippen LogP contribution in [0.15, 0.2) is 12.1 Å². The van der Waals surface area contributed by atoms with Crippen LogP contribution in [0.4, 0.5) is 0 Å². The molecule has 5 nitrogen and oxygen atoms in total. The summed E-state index contributed by atoms with van der Waals surface area (Å²) in [4.78, 5) is 26.2. The van der Waals surface area contributed by atoms with E-state index in [4.69, 9.17) is 9.31 Å². The van der Waals surface area contributed by atoms with Crippen molar-refractivity contribution in [2.75, 3.05) is 13.1 Å². The lowest BCUT2D eigenvalue weighted by atomic mass is 9.44. The average molecular weight is 319 g/mol. The summed E-state index contributed by atoms with van der Waals surface area (Å²) in [6, 6.07) is 0.255. The molecule has 4 fully saturated rings. The van der Waals surface area contributed by atoms with Gasteiger partial charge in [0.2, 0.25) is 0 Å². The van der Waals surface area contributed by atoms with Gasteiger partial charge in [-0.15, -0.1) is 0 Å². The molecule has 0 N–H and O–H groups in total. The molecule has 1 aliphatic heterocycles. The van der Waals surface area contributed by atoms with E-state index in [1.165, 1.54) is 6.42 Å². The van der Waals surface area contributed by atoms with E-state index in [1.807, 2.05) is 4.90 Å². The van der Waals surface area contributed by atoms with Crippen molar-refractivity contribution in [1.29, 1.82) is 0 Å². The molecule has 0 aromatic heterocycles. The minimum Gasteiger partial charge on any atom is -0.495 e. The Morgan fingerprint density at radius 1 is 1.17 bits per heavy atom. The molecule has 1 unspecified atom stereocenters. The third-order valence-corrected chi connectivity index (χ3v) is 6.29. The predicted molar refractivity (Wildman–Crippen MR) is 87.3 cm³/mol. The lowest BCUT2D eigenvalue weighted by Crippen LogP contribution is -2.62. The smallest absolute Gasteiger partial charge is 0.495 e. The highest BCUT2D eigenvalue weighted by molar-refractivity contribution is 6.54. The Labute approximate surface area is 138 Å². The summed E-state index contributed by atoms with van der Waals surface area (Å²) in [5, 5.41) is 0. The largest absolute Gasteiger partial charge is 0.628 e. The highest BCUT2D eigenvalue weighted by Gasteiger charge is 2.57. The van der Waals surface area contributed by atoms with Crippen LogP contribution in [0.3, 0.4) is 0 Å². The van der Waals surface area contributed by atoms with Gasteiger partial charge in [0.25, 0.3) is 0 Å². The molecule has 4 aliphatic rings. The summed E-state index contributed by atoms with van der Waals surface area (Å²) >= 11 is 0. The predicted octanol–water partition coefficient (Wildman–Crippen LogP) is 2.06. The fourth-order valence-electron chi connectivity index (χ4n) is 4.82. The van der Waals surface area contributed by atoms with Crippen LogP contribution in [0.2, 0.25) is 0 Å². The van der Waals surface area contributed by atoms with Crippen molar-refractivity contribution in [2.45, 2.75) is 46.6 Å². The van der Waals surface area contributed by atoms with Crippen molar-refractivity contribution in [3.8, 4) is 0 Å². The van der Waals surface area contributed by atoms with Crippen LogP contribution in [0.25, 0.3) is 0 Å². The van der Waals surface area contributed by atoms with Gasteiger partial charge in [-0.25, -0.2) is 0 Å². The van der Waals surface area contributed by atoms with Crippen molar-refractivity contribution in [1.82, 2.24) is 4.90 Å². The molecule has 126 valence electrons. The highest BCUT2D eigenvalue weighted by Crippen LogP contribution is 2.61. The van der Waals surface area contributed by atoms with Crippen molar-refractivity contribution < 1.29 is 18.9 Å². The van der Waals surface area contributed by atoms with E-state index in [9.17, 15) is 9.59 Å². The number of allylic oxidation sites excluding steroid dienone is 1. The monoisotopic (exact) mass is 319 g/mol. The molecule has 0 spiro atoms. The molecule has 23 heavy (non-hydrogen) atoms. The minimum absolute atomic E-state index is 0.165. The second-order valence-electron chi connectivity index (χ2n) is 7.80. The van der Waals surface area contributed by atoms with Gasteiger partial charge in [0, 0.05) is 6.04 Å². The van der Waals surface area contributed by atoms with Crippen LogP contribution in [0, 0.1) is 23.2 Å². The number of fused-ring (bicyclic) bond motifs is 2. The summed E-state index contributed by atoms with van der Waals surface area (Å²) in [5.74, 6) is 2.74. The van der Waals surface area contributed by atoms with Crippen LogP contribution < -0.4 is 0 Å². The Hall–Kier alpha value is -1.30. The molecule has 6 heteroatoms. The number of carbonyl (C=O) groups is 2. The van der Waals surface area contributed by atoms with Crippen molar-refractivity contribution in [2.24, 2.45) is 23.2 Å². The molecule has 1 heterocycles. The molecule has 0 amide bonds. The zero-order valence-electron chi connectivity index (χ0n) is 14.5. The van der Waals surface area contributed by atoms with Gasteiger partial charge < -0.3 is 9.31 Å². The average Bonchev–Trinajstić information content (AvgIpc) is 2.44. The number of rotatable bonds is 2. The lowest BCUT2D eigenvalue weighted by molar-refractivity contribution is -0.160. The normalized spacial score (nSPS) is 37.7. The standard InChI is InChI=1S/C17H26BNO4/c1-5-6-18-22-15(20)9-19(10-16(21)23-18)14-8-12-7-13(11(14)2)17(12,3)4/h5-6,11-14H,7-10H2,1-4H3/b6-5+/t11-,12?,13-,14-/m1/s1. The molecule has 0 radical (unpaired) electrons. The van der Waals surface area contributed by atoms with E-state index in [0.717, 1.165) is 6.42 Å². The first-order valence-corrected chi connectivity index (χ1v) is 8.58. The van der Waals surface area contributed by atoms with Gasteiger partial charge in [-0.05, 0) is 48.9 Å². The number of nitrogens with zero attached hydrogens (tertiary/aromatic N) is 1. The fourth-order valence-corrected chi connectivity index (χ4v) is 4.82. The molecular weight excluding hydrogens is 293 g/mol. The molecule has 0 aromatic rings. The maximum Gasteiger partial charge on any atom is 0.628 e. The van der Waals surface area contributed by atoms with E-state index in [2.05, 4.69) is 20.8 Å². The van der Waals surface area contributed by atoms with E-state index in [0.29, 0.717) is 23.2 Å². The van der Waals surface area contributed by atoms with Gasteiger partial charge in [-0.3, -0.25) is 14.5 Å². The van der Waals surface area contributed by atoms with E-state index in [-0.39, 0.29) is 31.1 Å². The van der Waals surface area contributed by atoms with Crippen molar-refractivity contribution in [3.05, 3.63) is 12.1 Å². The van der Waals surface area contributed by atoms with Crippen LogP contribution >= 0.6 is 0 Å². The Morgan fingerprint density at radius 2 is 1.78 bits per heavy atom. The summed E-state index contributed by atoms with van der Waals surface area (Å²) in [6.07, 6.45) is 4.03. The van der Waals surface area contributed by atoms with Crippen LogP contribution in [-0.2, 0) is 18.9 Å². The Balaban J connectivity index is 1.71. The third-order valence-electron chi connectivity index (χ3n) is 6.29. The van der Waals surface area contributed by atoms with Crippen molar-refractivity contribution in [3.63, 3.8) is 0 Å². The minimum atomic E-state index is -0.890. The van der Waals surface area contributed by atoms with Gasteiger partial charge >= 0.3 is 19.1 Å². The van der Waals surface area contributed by atoms with Crippen LogP contribution in [0.5, 0.6) is 0 Å². The highest BCUT2D eigenvalue weighted by atomic mass is 16.6. The molecular formula is C17H26BNO4. The lowest BCUT2D eigenvalue weighted by Gasteiger charge is -2.63. The van der Waals surface area contributed by atoms with E-state index in [1.54, 1.807) is 19.0 Å². The first kappa shape index (κ1) is 16.6. The summed E-state index contributed by atoms with van der Waals surface area (Å²) in [6.45, 7) is 9.07. The summed E-state index contributed by atoms with van der Waals surface area (Å²) in [5.41, 5.74) is 0.386. The number of hydrogen-bond acceptors (Lipinski definition) is 5. The maximum absolute atomic E-state index is 12.1. The second kappa shape index (κ2) is 5.97. The number of hydrogen-bond donors (Lipinski definition) is 0. The van der Waals surface area contributed by atoms with Gasteiger partial charge in [-0.1, -0.05) is 26.8 Å². The maximum atomic E-state index is 12.1. The fraction of sp³-hybridized carbons (Fsp3) is 0.765. The van der Waals surface area contributed by atoms with Gasteiger partial charge in [0.1, 0.15) is 0 Å². The molecule has 0 aromatic carbocycles.